The molecule has 0 spiro atoms. The molecule has 2 aromatic carbocycles. The summed E-state index contributed by atoms with van der Waals surface area (Å²) in [7, 11) is -3.64. The Bertz CT molecular complexity index is 929. The van der Waals surface area contributed by atoms with Gasteiger partial charge in [-0.1, -0.05) is 58.4 Å². The van der Waals surface area contributed by atoms with Gasteiger partial charge >= 0.3 is 0 Å². The summed E-state index contributed by atoms with van der Waals surface area (Å²) in [5, 5.41) is 0. The number of ether oxygens (including phenoxy) is 1. The Hall–Kier alpha value is -2.05. The normalized spacial score (nSPS) is 15.9. The van der Waals surface area contributed by atoms with E-state index in [2.05, 4.69) is 44.7 Å². The number of nitrogens with zero attached hydrogens (tertiary/aromatic N) is 2. The van der Waals surface area contributed by atoms with Gasteiger partial charge in [0.05, 0.1) is 6.61 Å². The van der Waals surface area contributed by atoms with Crippen molar-refractivity contribution in [3.63, 3.8) is 0 Å². The van der Waals surface area contributed by atoms with Crippen LogP contribution in [0.2, 0.25) is 0 Å². The molecule has 164 valence electrons. The Balaban J connectivity index is 1.85. The first-order chi connectivity index (χ1) is 14.2. The number of benzene rings is 2. The van der Waals surface area contributed by atoms with E-state index in [1.165, 1.54) is 0 Å². The molecule has 0 aromatic heterocycles. The van der Waals surface area contributed by atoms with Gasteiger partial charge in [-0.05, 0) is 41.7 Å². The molecule has 0 N–H and O–H groups in total. The van der Waals surface area contributed by atoms with Gasteiger partial charge in [-0.15, -0.1) is 0 Å². The number of unbranched alkanes of at least 4 members (excludes halogenated alkanes) is 1. The lowest BCUT2D eigenvalue weighted by molar-refractivity contribution is 0.299. The number of anilines is 1. The van der Waals surface area contributed by atoms with E-state index < -0.39 is 10.0 Å². The lowest BCUT2D eigenvalue weighted by Gasteiger charge is -2.35. The molecule has 1 heterocycles. The van der Waals surface area contributed by atoms with Crippen LogP contribution in [0.3, 0.4) is 0 Å². The minimum atomic E-state index is -3.64. The van der Waals surface area contributed by atoms with Crippen LogP contribution in [0.4, 0.5) is 5.69 Å². The molecule has 1 saturated heterocycles. The largest absolute Gasteiger partial charge is 0.492 e. The van der Waals surface area contributed by atoms with Crippen LogP contribution in [0.1, 0.15) is 46.1 Å². The second-order valence-electron chi connectivity index (χ2n) is 8.84. The van der Waals surface area contributed by atoms with Crippen LogP contribution < -0.4 is 9.64 Å². The molecular formula is C24H34N2O3S. The van der Waals surface area contributed by atoms with E-state index in [0.717, 1.165) is 24.1 Å². The molecule has 0 amide bonds. The summed E-state index contributed by atoms with van der Waals surface area (Å²) in [5.41, 5.74) is 1.98. The first-order valence-corrected chi connectivity index (χ1v) is 12.2. The Morgan fingerprint density at radius 2 is 1.63 bits per heavy atom. The summed E-state index contributed by atoms with van der Waals surface area (Å²) < 4.78 is 34.7. The van der Waals surface area contributed by atoms with Crippen molar-refractivity contribution in [3.8, 4) is 5.75 Å². The summed E-state index contributed by atoms with van der Waals surface area (Å²) in [5.74, 6) is 0.460. The lowest BCUT2D eigenvalue weighted by atomic mass is 9.87. The van der Waals surface area contributed by atoms with Crippen molar-refractivity contribution in [1.82, 2.24) is 4.31 Å². The standard InChI is InChI=1S/C24H34N2O3S/c1-5-6-18-29-22-13-12-20(24(2,3)4)19-23(22)30(27,28)26-16-14-25(15-17-26)21-10-8-7-9-11-21/h7-13,19H,5-6,14-18H2,1-4H3. The molecule has 0 bridgehead atoms. The maximum Gasteiger partial charge on any atom is 0.246 e. The molecule has 1 fully saturated rings. The third-order valence-corrected chi connectivity index (χ3v) is 7.46. The lowest BCUT2D eigenvalue weighted by Crippen LogP contribution is -2.48. The zero-order valence-electron chi connectivity index (χ0n) is 18.6. The van der Waals surface area contributed by atoms with Gasteiger partial charge < -0.3 is 9.64 Å². The van der Waals surface area contributed by atoms with Crippen molar-refractivity contribution >= 4 is 15.7 Å². The predicted molar refractivity (Wildman–Crippen MR) is 123 cm³/mol. The summed E-state index contributed by atoms with van der Waals surface area (Å²) in [6.45, 7) is 11.2. The molecule has 6 heteroatoms. The third kappa shape index (κ3) is 5.16. The van der Waals surface area contributed by atoms with Gasteiger partial charge in [-0.25, -0.2) is 8.42 Å². The van der Waals surface area contributed by atoms with Gasteiger partial charge in [0.1, 0.15) is 10.6 Å². The Labute approximate surface area is 181 Å². The fourth-order valence-corrected chi connectivity index (χ4v) is 5.17. The molecule has 0 aliphatic carbocycles. The number of hydrogen-bond donors (Lipinski definition) is 0. The van der Waals surface area contributed by atoms with Crippen molar-refractivity contribution in [1.29, 1.82) is 0 Å². The number of hydrogen-bond acceptors (Lipinski definition) is 4. The van der Waals surface area contributed by atoms with Gasteiger partial charge in [-0.3, -0.25) is 0 Å². The van der Waals surface area contributed by atoms with Gasteiger partial charge in [0.25, 0.3) is 0 Å². The number of para-hydroxylation sites is 1. The van der Waals surface area contributed by atoms with E-state index in [1.807, 2.05) is 30.3 Å². The smallest absolute Gasteiger partial charge is 0.246 e. The molecule has 0 radical (unpaired) electrons. The van der Waals surface area contributed by atoms with Gasteiger partial charge in [0.15, 0.2) is 0 Å². The molecule has 0 unspecified atom stereocenters. The van der Waals surface area contributed by atoms with Crippen LogP contribution in [0.15, 0.2) is 53.4 Å². The molecule has 1 aliphatic heterocycles. The van der Waals surface area contributed by atoms with Crippen molar-refractivity contribution in [3.05, 3.63) is 54.1 Å². The van der Waals surface area contributed by atoms with E-state index >= 15 is 0 Å². The molecule has 1 aliphatic rings. The van der Waals surface area contributed by atoms with E-state index in [0.29, 0.717) is 43.4 Å². The van der Waals surface area contributed by atoms with Crippen LogP contribution in [-0.4, -0.2) is 45.5 Å². The molecule has 3 rings (SSSR count). The average molecular weight is 431 g/mol. The summed E-state index contributed by atoms with van der Waals surface area (Å²) in [6, 6.07) is 15.8. The van der Waals surface area contributed by atoms with E-state index in [9.17, 15) is 8.42 Å². The van der Waals surface area contributed by atoms with Gasteiger partial charge in [0, 0.05) is 31.9 Å². The highest BCUT2D eigenvalue weighted by atomic mass is 32.2. The highest BCUT2D eigenvalue weighted by molar-refractivity contribution is 7.89. The SMILES string of the molecule is CCCCOc1ccc(C(C)(C)C)cc1S(=O)(=O)N1CCN(c2ccccc2)CC1. The second-order valence-corrected chi connectivity index (χ2v) is 10.7. The average Bonchev–Trinajstić information content (AvgIpc) is 2.74. The maximum atomic E-state index is 13.6. The predicted octanol–water partition coefficient (Wildman–Crippen LogP) is 4.67. The minimum absolute atomic E-state index is 0.141. The third-order valence-electron chi connectivity index (χ3n) is 5.54. The van der Waals surface area contributed by atoms with E-state index in [-0.39, 0.29) is 5.41 Å². The molecule has 5 nitrogen and oxygen atoms in total. The van der Waals surface area contributed by atoms with Gasteiger partial charge in [-0.2, -0.15) is 4.31 Å². The first-order valence-electron chi connectivity index (χ1n) is 10.8. The Kier molecular flexibility index (Phi) is 7.09. The monoisotopic (exact) mass is 430 g/mol. The number of sulfonamides is 1. The van der Waals surface area contributed by atoms with Crippen molar-refractivity contribution in [2.75, 3.05) is 37.7 Å². The number of piperazine rings is 1. The zero-order chi connectivity index (χ0) is 21.8. The van der Waals surface area contributed by atoms with Crippen LogP contribution in [0.25, 0.3) is 0 Å². The van der Waals surface area contributed by atoms with Crippen LogP contribution in [0.5, 0.6) is 5.75 Å². The molecule has 0 atom stereocenters. The maximum absolute atomic E-state index is 13.6. The van der Waals surface area contributed by atoms with Crippen LogP contribution in [-0.2, 0) is 15.4 Å². The van der Waals surface area contributed by atoms with Crippen molar-refractivity contribution in [2.45, 2.75) is 50.8 Å². The summed E-state index contributed by atoms with van der Waals surface area (Å²) >= 11 is 0. The molecule has 2 aromatic rings. The fraction of sp³-hybridized carbons (Fsp3) is 0.500. The van der Waals surface area contributed by atoms with Crippen LogP contribution in [0, 0.1) is 0 Å². The Morgan fingerprint density at radius 3 is 2.23 bits per heavy atom. The van der Waals surface area contributed by atoms with Crippen LogP contribution >= 0.6 is 0 Å². The van der Waals surface area contributed by atoms with Crippen molar-refractivity contribution in [2.24, 2.45) is 0 Å². The molecule has 0 saturated carbocycles. The zero-order valence-corrected chi connectivity index (χ0v) is 19.4. The summed E-state index contributed by atoms with van der Waals surface area (Å²) in [4.78, 5) is 2.52. The minimum Gasteiger partial charge on any atom is -0.492 e. The van der Waals surface area contributed by atoms with E-state index in [4.69, 9.17) is 4.74 Å². The highest BCUT2D eigenvalue weighted by Gasteiger charge is 2.32. The van der Waals surface area contributed by atoms with E-state index in [1.54, 1.807) is 10.4 Å². The van der Waals surface area contributed by atoms with Gasteiger partial charge in [0.2, 0.25) is 10.0 Å². The Morgan fingerprint density at radius 1 is 0.967 bits per heavy atom. The second kappa shape index (κ2) is 9.40. The van der Waals surface area contributed by atoms with Crippen molar-refractivity contribution < 1.29 is 13.2 Å². The topological polar surface area (TPSA) is 49.9 Å². The molecular weight excluding hydrogens is 396 g/mol. The summed E-state index contributed by atoms with van der Waals surface area (Å²) in [6.07, 6.45) is 1.90. The fourth-order valence-electron chi connectivity index (χ4n) is 3.59. The first kappa shape index (κ1) is 22.6. The highest BCUT2D eigenvalue weighted by Crippen LogP contribution is 2.33. The quantitative estimate of drug-likeness (QED) is 0.599. The molecule has 30 heavy (non-hydrogen) atoms. The number of rotatable bonds is 7.